The van der Waals surface area contributed by atoms with Gasteiger partial charge in [0.05, 0.1) is 12.7 Å². The number of hydrogen-bond donors (Lipinski definition) is 2. The summed E-state index contributed by atoms with van der Waals surface area (Å²) >= 11 is 0. The molecule has 0 amide bonds. The SMILES string of the molecule is Cc1ccc(CNCC(O)COCC(C)C)cc1. The van der Waals surface area contributed by atoms with E-state index in [9.17, 15) is 5.11 Å². The Morgan fingerprint density at radius 2 is 1.83 bits per heavy atom. The Labute approximate surface area is 110 Å². The van der Waals surface area contributed by atoms with E-state index in [2.05, 4.69) is 50.4 Å². The van der Waals surface area contributed by atoms with Crippen molar-refractivity contribution in [1.29, 1.82) is 0 Å². The van der Waals surface area contributed by atoms with Gasteiger partial charge in [0.1, 0.15) is 0 Å². The molecule has 0 aliphatic heterocycles. The molecule has 0 aliphatic carbocycles. The summed E-state index contributed by atoms with van der Waals surface area (Å²) in [6, 6.07) is 8.40. The van der Waals surface area contributed by atoms with Crippen LogP contribution in [-0.4, -0.2) is 31.0 Å². The molecule has 0 heterocycles. The first kappa shape index (κ1) is 15.2. The van der Waals surface area contributed by atoms with Crippen LogP contribution in [0.15, 0.2) is 24.3 Å². The van der Waals surface area contributed by atoms with Gasteiger partial charge >= 0.3 is 0 Å². The Hall–Kier alpha value is -0.900. The average molecular weight is 251 g/mol. The number of aryl methyl sites for hydroxylation is 1. The Morgan fingerprint density at radius 3 is 2.44 bits per heavy atom. The molecule has 0 aromatic heterocycles. The lowest BCUT2D eigenvalue weighted by Crippen LogP contribution is -2.30. The molecule has 1 unspecified atom stereocenters. The number of rotatable bonds is 8. The minimum Gasteiger partial charge on any atom is -0.389 e. The van der Waals surface area contributed by atoms with Gasteiger partial charge in [0.25, 0.3) is 0 Å². The quantitative estimate of drug-likeness (QED) is 0.743. The van der Waals surface area contributed by atoms with E-state index in [1.54, 1.807) is 0 Å². The van der Waals surface area contributed by atoms with Crippen LogP contribution in [0.3, 0.4) is 0 Å². The van der Waals surface area contributed by atoms with Gasteiger partial charge < -0.3 is 15.2 Å². The highest BCUT2D eigenvalue weighted by Crippen LogP contribution is 2.02. The van der Waals surface area contributed by atoms with Crippen molar-refractivity contribution in [2.75, 3.05) is 19.8 Å². The van der Waals surface area contributed by atoms with Gasteiger partial charge in [0.15, 0.2) is 0 Å². The first-order valence-electron chi connectivity index (χ1n) is 6.60. The topological polar surface area (TPSA) is 41.5 Å². The van der Waals surface area contributed by atoms with Crippen molar-refractivity contribution in [3.63, 3.8) is 0 Å². The minimum atomic E-state index is -0.436. The first-order valence-corrected chi connectivity index (χ1v) is 6.60. The van der Waals surface area contributed by atoms with Crippen molar-refractivity contribution in [2.24, 2.45) is 5.92 Å². The third kappa shape index (κ3) is 6.74. The molecule has 1 rings (SSSR count). The van der Waals surface area contributed by atoms with E-state index in [0.717, 1.165) is 6.54 Å². The van der Waals surface area contributed by atoms with Crippen LogP contribution in [-0.2, 0) is 11.3 Å². The van der Waals surface area contributed by atoms with Crippen molar-refractivity contribution >= 4 is 0 Å². The highest BCUT2D eigenvalue weighted by Gasteiger charge is 2.04. The molecule has 0 aliphatic rings. The third-order valence-corrected chi connectivity index (χ3v) is 2.59. The smallest absolute Gasteiger partial charge is 0.0897 e. The standard InChI is InChI=1S/C15H25NO2/c1-12(2)10-18-11-15(17)9-16-8-14-6-4-13(3)5-7-14/h4-7,12,15-17H,8-11H2,1-3H3. The summed E-state index contributed by atoms with van der Waals surface area (Å²) in [7, 11) is 0. The van der Waals surface area contributed by atoms with Crippen molar-refractivity contribution in [1.82, 2.24) is 5.32 Å². The second-order valence-electron chi connectivity index (χ2n) is 5.20. The van der Waals surface area contributed by atoms with Gasteiger partial charge in [0.2, 0.25) is 0 Å². The minimum absolute atomic E-state index is 0.402. The lowest BCUT2D eigenvalue weighted by Gasteiger charge is -2.13. The highest BCUT2D eigenvalue weighted by molar-refractivity contribution is 5.21. The molecule has 102 valence electrons. The predicted octanol–water partition coefficient (Wildman–Crippen LogP) is 2.12. The summed E-state index contributed by atoms with van der Waals surface area (Å²) in [5.41, 5.74) is 2.50. The van der Waals surface area contributed by atoms with Crippen molar-refractivity contribution in [2.45, 2.75) is 33.4 Å². The summed E-state index contributed by atoms with van der Waals surface area (Å²) in [4.78, 5) is 0. The van der Waals surface area contributed by atoms with E-state index in [4.69, 9.17) is 4.74 Å². The summed E-state index contributed by atoms with van der Waals surface area (Å²) in [6.45, 7) is 8.72. The van der Waals surface area contributed by atoms with Crippen LogP contribution in [0, 0.1) is 12.8 Å². The van der Waals surface area contributed by atoms with Crippen LogP contribution >= 0.6 is 0 Å². The number of ether oxygens (including phenoxy) is 1. The first-order chi connectivity index (χ1) is 8.58. The molecule has 0 bridgehead atoms. The van der Waals surface area contributed by atoms with E-state index in [-0.39, 0.29) is 0 Å². The fourth-order valence-corrected chi connectivity index (χ4v) is 1.59. The van der Waals surface area contributed by atoms with Gasteiger partial charge in [-0.15, -0.1) is 0 Å². The molecule has 0 fully saturated rings. The number of benzene rings is 1. The fourth-order valence-electron chi connectivity index (χ4n) is 1.59. The van der Waals surface area contributed by atoms with Crippen LogP contribution in [0.4, 0.5) is 0 Å². The summed E-state index contributed by atoms with van der Waals surface area (Å²) in [6.07, 6.45) is -0.436. The van der Waals surface area contributed by atoms with Gasteiger partial charge in [-0.3, -0.25) is 0 Å². The van der Waals surface area contributed by atoms with Crippen molar-refractivity contribution < 1.29 is 9.84 Å². The largest absolute Gasteiger partial charge is 0.389 e. The van der Waals surface area contributed by atoms with Gasteiger partial charge in [0, 0.05) is 19.7 Å². The zero-order chi connectivity index (χ0) is 13.4. The van der Waals surface area contributed by atoms with Crippen LogP contribution in [0.25, 0.3) is 0 Å². The van der Waals surface area contributed by atoms with Gasteiger partial charge in [-0.05, 0) is 18.4 Å². The molecule has 3 nitrogen and oxygen atoms in total. The maximum atomic E-state index is 9.70. The predicted molar refractivity (Wildman–Crippen MR) is 74.5 cm³/mol. The molecular formula is C15H25NO2. The Balaban J connectivity index is 2.11. The molecule has 2 N–H and O–H groups in total. The highest BCUT2D eigenvalue weighted by atomic mass is 16.5. The molecule has 0 radical (unpaired) electrons. The van der Waals surface area contributed by atoms with Crippen LogP contribution in [0.2, 0.25) is 0 Å². The zero-order valence-electron chi connectivity index (χ0n) is 11.6. The van der Waals surface area contributed by atoms with Crippen molar-refractivity contribution in [3.05, 3.63) is 35.4 Å². The number of nitrogens with one attached hydrogen (secondary N) is 1. The third-order valence-electron chi connectivity index (χ3n) is 2.59. The molecular weight excluding hydrogens is 226 g/mol. The molecule has 18 heavy (non-hydrogen) atoms. The molecule has 3 heteroatoms. The second-order valence-corrected chi connectivity index (χ2v) is 5.20. The summed E-state index contributed by atoms with van der Waals surface area (Å²) in [5.74, 6) is 0.512. The van der Waals surface area contributed by atoms with E-state index < -0.39 is 6.10 Å². The second kappa shape index (κ2) is 8.25. The molecule has 0 saturated heterocycles. The van der Waals surface area contributed by atoms with E-state index >= 15 is 0 Å². The number of aliphatic hydroxyl groups excluding tert-OH is 1. The van der Waals surface area contributed by atoms with Gasteiger partial charge in [-0.1, -0.05) is 43.7 Å². The Bertz CT molecular complexity index is 322. The lowest BCUT2D eigenvalue weighted by atomic mass is 10.1. The van der Waals surface area contributed by atoms with E-state index in [1.165, 1.54) is 11.1 Å². The molecule has 1 atom stereocenters. The number of hydrogen-bond acceptors (Lipinski definition) is 3. The maximum Gasteiger partial charge on any atom is 0.0897 e. The van der Waals surface area contributed by atoms with Crippen LogP contribution in [0.5, 0.6) is 0 Å². The summed E-state index contributed by atoms with van der Waals surface area (Å²) in [5, 5.41) is 12.9. The van der Waals surface area contributed by atoms with Crippen LogP contribution in [0.1, 0.15) is 25.0 Å². The molecule has 1 aromatic rings. The van der Waals surface area contributed by atoms with Crippen LogP contribution < -0.4 is 5.32 Å². The normalized spacial score (nSPS) is 12.9. The maximum absolute atomic E-state index is 9.70. The van der Waals surface area contributed by atoms with Crippen molar-refractivity contribution in [3.8, 4) is 0 Å². The van der Waals surface area contributed by atoms with Gasteiger partial charge in [-0.25, -0.2) is 0 Å². The Morgan fingerprint density at radius 1 is 1.17 bits per heavy atom. The summed E-state index contributed by atoms with van der Waals surface area (Å²) < 4.78 is 5.39. The zero-order valence-corrected chi connectivity index (χ0v) is 11.6. The Kier molecular flexibility index (Phi) is 6.94. The fraction of sp³-hybridized carbons (Fsp3) is 0.600. The molecule has 0 spiro atoms. The monoisotopic (exact) mass is 251 g/mol. The molecule has 1 aromatic carbocycles. The van der Waals surface area contributed by atoms with E-state index in [0.29, 0.717) is 25.7 Å². The molecule has 0 saturated carbocycles. The number of aliphatic hydroxyl groups is 1. The van der Waals surface area contributed by atoms with E-state index in [1.807, 2.05) is 0 Å². The average Bonchev–Trinajstić information content (AvgIpc) is 2.31. The lowest BCUT2D eigenvalue weighted by molar-refractivity contribution is 0.0260. The van der Waals surface area contributed by atoms with Gasteiger partial charge in [-0.2, -0.15) is 0 Å².